The summed E-state index contributed by atoms with van der Waals surface area (Å²) in [6.45, 7) is 24.7. The lowest BCUT2D eigenvalue weighted by Crippen LogP contribution is -2.34. The fourth-order valence-corrected chi connectivity index (χ4v) is 8.39. The SMILES string of the molecule is CC(C)(C)CNC(=O)c1ccc(Cl)nc1.Cc1c(F)cc(C(=O)Nc2ccon2)cc1-c1ccc(C(=O)NCC(C)(C)C)cn1.Cc1c(F)cc(C(=O)Nc2ccon2)cc1B(O)O.Cc1cc(C(=O)Nc2ccon2)cc(F)c1C.Cc1cc(C(=O)O)cc(F)c1C.Cc1ccc(C(=O)O)cc1F. The van der Waals surface area contributed by atoms with Crippen LogP contribution in [0, 0.1) is 88.4 Å². The number of hydrogen-bond donors (Lipinski definition) is 9. The first-order valence-corrected chi connectivity index (χ1v) is 31.6. The van der Waals surface area contributed by atoms with Crippen molar-refractivity contribution in [3.8, 4) is 11.3 Å². The maximum Gasteiger partial charge on any atom is 0.488 e. The van der Waals surface area contributed by atoms with Gasteiger partial charge >= 0.3 is 19.1 Å². The number of carboxylic acids is 2. The fourth-order valence-electron chi connectivity index (χ4n) is 8.28. The number of amides is 5. The Balaban J connectivity index is 0.000000233. The minimum Gasteiger partial charge on any atom is -0.478 e. The van der Waals surface area contributed by atoms with Crippen LogP contribution in [0.1, 0.15) is 153 Å². The molecule has 5 aromatic heterocycles. The molecule has 0 aliphatic rings. The van der Waals surface area contributed by atoms with E-state index in [1.165, 1.54) is 86.6 Å². The Morgan fingerprint density at radius 2 is 0.798 bits per heavy atom. The van der Waals surface area contributed by atoms with Gasteiger partial charge in [0.1, 0.15) is 53.0 Å². The molecule has 10 aromatic rings. The van der Waals surface area contributed by atoms with Gasteiger partial charge in [0.15, 0.2) is 17.5 Å². The lowest BCUT2D eigenvalue weighted by molar-refractivity contribution is 0.0685. The topological polar surface area (TPSA) is 364 Å². The van der Waals surface area contributed by atoms with E-state index in [4.69, 9.17) is 31.9 Å². The van der Waals surface area contributed by atoms with Gasteiger partial charge < -0.3 is 60.4 Å². The zero-order valence-electron chi connectivity index (χ0n) is 58.6. The number of pyridine rings is 2. The Morgan fingerprint density at radius 1 is 0.423 bits per heavy atom. The van der Waals surface area contributed by atoms with Crippen molar-refractivity contribution in [2.24, 2.45) is 10.8 Å². The standard InChI is InChI=1S/C22H23FN4O3.C12H11FN2O2.C11H10BFN2O4.C11H15ClN2O.C9H9FO2.C8H7FO2/c1-13-16(9-15(10-17(13)23)21(29)26-19-7-8-30-27-19)18-6-5-14(11-24-18)20(28)25-12-22(2,3)4;1-7-5-9(6-10(13)8(7)2)12(16)14-11-3-4-17-15-11;1-6-8(12(17)18)4-7(5-9(6)13)11(16)14-10-2-3-19-15-10;1-11(2,3)7-14-10(15)8-4-5-9(12)13-6-8;1-5-3-7(9(11)12)4-8(10)6(5)2;1-5-2-3-6(8(10)11)4-7(5)9/h5-11H,12H2,1-4H3,(H,25,28)(H,26,27,29);3-6H,1-2H3,(H,14,15,16);2-5,17-18H,1H3,(H,14,15,16);4-6H,7H2,1-3H3,(H,14,15);3-4H,1-2H3,(H,11,12);2-4H,1H3,(H,10,11). The van der Waals surface area contributed by atoms with Gasteiger partial charge in [0.2, 0.25) is 0 Å². The van der Waals surface area contributed by atoms with E-state index < -0.39 is 65.9 Å². The smallest absolute Gasteiger partial charge is 0.478 e. The number of hydrogen-bond acceptors (Lipinski definition) is 17. The van der Waals surface area contributed by atoms with Gasteiger partial charge in [0.25, 0.3) is 29.5 Å². The summed E-state index contributed by atoms with van der Waals surface area (Å²) < 4.78 is 80.9. The molecule has 5 amide bonds. The Kier molecular flexibility index (Phi) is 30.1. The van der Waals surface area contributed by atoms with Crippen LogP contribution in [0.5, 0.6) is 0 Å². The Bertz CT molecular complexity index is 4590. The number of nitrogens with one attached hydrogen (secondary N) is 5. The summed E-state index contributed by atoms with van der Waals surface area (Å²) >= 11 is 5.62. The number of carboxylic acid groups (broad SMARTS) is 2. The van der Waals surface area contributed by atoms with Crippen molar-refractivity contribution in [3.63, 3.8) is 0 Å². The van der Waals surface area contributed by atoms with Crippen LogP contribution in [0.15, 0.2) is 154 Å². The molecule has 24 nitrogen and oxygen atoms in total. The second kappa shape index (κ2) is 37.8. The number of benzene rings is 5. The molecule has 0 radical (unpaired) electrons. The Labute approximate surface area is 599 Å². The largest absolute Gasteiger partial charge is 0.488 e. The molecule has 5 aromatic carbocycles. The number of carbonyl (C=O) groups excluding carboxylic acids is 5. The van der Waals surface area contributed by atoms with Crippen LogP contribution in [-0.4, -0.2) is 107 Å². The van der Waals surface area contributed by atoms with Gasteiger partial charge in [-0.25, -0.2) is 36.5 Å². The third-order valence-corrected chi connectivity index (χ3v) is 14.8. The van der Waals surface area contributed by atoms with Crippen molar-refractivity contribution in [3.05, 3.63) is 253 Å². The minimum absolute atomic E-state index is 0.00407. The van der Waals surface area contributed by atoms with Crippen LogP contribution in [-0.2, 0) is 0 Å². The predicted molar refractivity (Wildman–Crippen MR) is 378 cm³/mol. The van der Waals surface area contributed by atoms with Crippen molar-refractivity contribution in [2.45, 2.75) is 90.0 Å². The maximum absolute atomic E-state index is 14.5. The van der Waals surface area contributed by atoms with Crippen LogP contribution >= 0.6 is 11.6 Å². The number of halogens is 6. The number of rotatable bonds is 14. The molecule has 546 valence electrons. The van der Waals surface area contributed by atoms with E-state index in [2.05, 4.69) is 86.4 Å². The molecule has 0 unspecified atom stereocenters. The van der Waals surface area contributed by atoms with Gasteiger partial charge in [0.05, 0.1) is 27.9 Å². The summed E-state index contributed by atoms with van der Waals surface area (Å²) in [5.74, 6) is -5.99. The van der Waals surface area contributed by atoms with Gasteiger partial charge in [0, 0.05) is 65.9 Å². The molecule has 0 saturated carbocycles. The fraction of sp³-hybridized carbons (Fsp3) is 0.233. The van der Waals surface area contributed by atoms with Crippen molar-refractivity contribution in [2.75, 3.05) is 29.0 Å². The van der Waals surface area contributed by atoms with Crippen LogP contribution in [0.25, 0.3) is 11.3 Å². The number of aromatic carboxylic acids is 2. The molecule has 0 saturated heterocycles. The Hall–Kier alpha value is -11.8. The average Bonchev–Trinajstić information content (AvgIpc) is 1.01. The molecule has 10 rings (SSSR count). The van der Waals surface area contributed by atoms with E-state index in [-0.39, 0.29) is 73.1 Å². The second-order valence-corrected chi connectivity index (χ2v) is 25.7. The highest BCUT2D eigenvalue weighted by atomic mass is 35.5. The molecule has 0 atom stereocenters. The van der Waals surface area contributed by atoms with Gasteiger partial charge in [-0.1, -0.05) is 74.7 Å². The van der Waals surface area contributed by atoms with Crippen LogP contribution in [0.4, 0.5) is 39.4 Å². The molecular weight excluding hydrogens is 1380 g/mol. The van der Waals surface area contributed by atoms with Gasteiger partial charge in [-0.15, -0.1) is 0 Å². The molecule has 0 aliphatic heterocycles. The number of carbonyl (C=O) groups is 7. The van der Waals surface area contributed by atoms with Crippen molar-refractivity contribution >= 4 is 83.1 Å². The van der Waals surface area contributed by atoms with E-state index in [9.17, 15) is 55.5 Å². The molecule has 9 N–H and O–H groups in total. The summed E-state index contributed by atoms with van der Waals surface area (Å²) in [4.78, 5) is 88.8. The minimum atomic E-state index is -1.85. The summed E-state index contributed by atoms with van der Waals surface area (Å²) in [7, 11) is -1.85. The summed E-state index contributed by atoms with van der Waals surface area (Å²) in [6, 6.07) is 25.0. The molecule has 104 heavy (non-hydrogen) atoms. The molecule has 5 heterocycles. The van der Waals surface area contributed by atoms with Gasteiger partial charge in [-0.3, -0.25) is 29.0 Å². The summed E-state index contributed by atoms with van der Waals surface area (Å²) in [5.41, 5.74) is 5.45. The van der Waals surface area contributed by atoms with E-state index in [0.29, 0.717) is 74.3 Å². The van der Waals surface area contributed by atoms with E-state index in [1.54, 1.807) is 77.9 Å². The first-order valence-electron chi connectivity index (χ1n) is 31.2. The lowest BCUT2D eigenvalue weighted by Gasteiger charge is -2.18. The number of nitrogens with zero attached hydrogens (tertiary/aromatic N) is 5. The summed E-state index contributed by atoms with van der Waals surface area (Å²) in [5, 5.41) is 59.4. The first-order chi connectivity index (χ1) is 48.7. The predicted octanol–water partition coefficient (Wildman–Crippen LogP) is 13.4. The average molecular weight is 1460 g/mol. The second-order valence-electron chi connectivity index (χ2n) is 25.4. The molecule has 0 bridgehead atoms. The van der Waals surface area contributed by atoms with Crippen LogP contribution in [0.3, 0.4) is 0 Å². The first kappa shape index (κ1) is 82.9. The highest BCUT2D eigenvalue weighted by Crippen LogP contribution is 2.27. The molecular formula is C73H75BClF5N10O14. The molecule has 0 aliphatic carbocycles. The van der Waals surface area contributed by atoms with Crippen LogP contribution in [0.2, 0.25) is 5.15 Å². The lowest BCUT2D eigenvalue weighted by atomic mass is 9.76. The Morgan fingerprint density at radius 3 is 1.16 bits per heavy atom. The maximum atomic E-state index is 14.5. The molecule has 0 spiro atoms. The monoisotopic (exact) mass is 1460 g/mol. The highest BCUT2D eigenvalue weighted by molar-refractivity contribution is 6.59. The zero-order chi connectivity index (χ0) is 77.5. The van der Waals surface area contributed by atoms with Gasteiger partial charge in [-0.2, -0.15) is 0 Å². The molecule has 31 heteroatoms. The van der Waals surface area contributed by atoms with Crippen molar-refractivity contribution in [1.29, 1.82) is 0 Å². The van der Waals surface area contributed by atoms with Crippen molar-refractivity contribution < 1.29 is 89.3 Å². The van der Waals surface area contributed by atoms with Crippen molar-refractivity contribution in [1.82, 2.24) is 36.1 Å². The third kappa shape index (κ3) is 26.0. The number of aromatic nitrogens is 5. The number of anilines is 3. The summed E-state index contributed by atoms with van der Waals surface area (Å²) in [6.07, 6.45) is 6.85. The van der Waals surface area contributed by atoms with Crippen LogP contribution < -0.4 is 32.0 Å². The highest BCUT2D eigenvalue weighted by Gasteiger charge is 2.22. The molecule has 0 fully saturated rings. The van der Waals surface area contributed by atoms with E-state index >= 15 is 0 Å². The van der Waals surface area contributed by atoms with Gasteiger partial charge in [-0.05, 0) is 189 Å². The van der Waals surface area contributed by atoms with E-state index in [1.807, 2.05) is 20.8 Å². The third-order valence-electron chi connectivity index (χ3n) is 14.6. The zero-order valence-corrected chi connectivity index (χ0v) is 59.4. The quantitative estimate of drug-likeness (QED) is 0.0277. The normalized spacial score (nSPS) is 10.6. The van der Waals surface area contributed by atoms with E-state index in [0.717, 1.165) is 29.8 Å². The number of aryl methyl sites for hydroxylation is 3.